The molecule has 0 bridgehead atoms. The fourth-order valence-electron chi connectivity index (χ4n) is 1.44. The summed E-state index contributed by atoms with van der Waals surface area (Å²) in [7, 11) is -2.41. The van der Waals surface area contributed by atoms with Crippen LogP contribution in [0.3, 0.4) is 0 Å². The topological polar surface area (TPSA) is 73.9 Å². The first kappa shape index (κ1) is 16.7. The maximum atomic E-state index is 12.7. The van der Waals surface area contributed by atoms with Gasteiger partial charge in [0.25, 0.3) is 0 Å². The molecule has 0 amide bonds. The van der Waals surface area contributed by atoms with Gasteiger partial charge in [0.2, 0.25) is 0 Å². The predicted octanol–water partition coefficient (Wildman–Crippen LogP) is 2.75. The minimum atomic E-state index is -3.67. The van der Waals surface area contributed by atoms with Gasteiger partial charge in [-0.15, -0.1) is 0 Å². The van der Waals surface area contributed by atoms with Crippen LogP contribution in [0.1, 0.15) is 20.8 Å². The number of carbonyl (C=O) groups is 1. The molecule has 0 spiro atoms. The molecule has 1 rings (SSSR count). The van der Waals surface area contributed by atoms with Crippen molar-refractivity contribution in [1.82, 2.24) is 5.09 Å². The molecule has 0 aromatic heterocycles. The third-order valence-corrected chi connectivity index (χ3v) is 4.08. The maximum absolute atomic E-state index is 12.7. The lowest BCUT2D eigenvalue weighted by Gasteiger charge is -2.23. The summed E-state index contributed by atoms with van der Waals surface area (Å²) in [6.07, 6.45) is -0.332. The molecule has 0 radical (unpaired) electrons. The number of esters is 1. The normalized spacial score (nSPS) is 15.4. The van der Waals surface area contributed by atoms with Gasteiger partial charge in [0.15, 0.2) is 0 Å². The number of carbonyl (C=O) groups excluding carboxylic acids is 1. The van der Waals surface area contributed by atoms with Gasteiger partial charge in [-0.3, -0.25) is 9.32 Å². The smallest absolute Gasteiger partial charge is 0.459 e. The van der Waals surface area contributed by atoms with Crippen LogP contribution in [0.25, 0.3) is 0 Å². The molecule has 0 heterocycles. The van der Waals surface area contributed by atoms with Gasteiger partial charge >= 0.3 is 13.7 Å². The van der Waals surface area contributed by atoms with E-state index in [-0.39, 0.29) is 6.10 Å². The Bertz CT molecular complexity index is 477. The molecular formula is C13H20NO5P. The van der Waals surface area contributed by atoms with E-state index < -0.39 is 19.8 Å². The molecule has 6 nitrogen and oxygen atoms in total. The molecule has 112 valence electrons. The van der Waals surface area contributed by atoms with E-state index in [0.717, 1.165) is 0 Å². The van der Waals surface area contributed by atoms with Gasteiger partial charge in [0.05, 0.1) is 13.2 Å². The molecule has 0 saturated heterocycles. The molecule has 1 N–H and O–H groups in total. The van der Waals surface area contributed by atoms with Crippen molar-refractivity contribution in [3.63, 3.8) is 0 Å². The Morgan fingerprint density at radius 2 is 1.80 bits per heavy atom. The first-order valence-electron chi connectivity index (χ1n) is 6.25. The largest absolute Gasteiger partial charge is 0.468 e. The first-order chi connectivity index (χ1) is 9.36. The fourth-order valence-corrected chi connectivity index (χ4v) is 3.13. The molecule has 2 unspecified atom stereocenters. The van der Waals surface area contributed by atoms with Crippen molar-refractivity contribution in [1.29, 1.82) is 0 Å². The third kappa shape index (κ3) is 5.33. The lowest BCUT2D eigenvalue weighted by atomic mass is 10.3. The van der Waals surface area contributed by atoms with Gasteiger partial charge in [0.1, 0.15) is 11.8 Å². The second-order valence-electron chi connectivity index (χ2n) is 4.43. The molecule has 7 heteroatoms. The van der Waals surface area contributed by atoms with Crippen LogP contribution in [0.5, 0.6) is 5.75 Å². The third-order valence-electron chi connectivity index (χ3n) is 2.22. The predicted molar refractivity (Wildman–Crippen MR) is 75.5 cm³/mol. The molecule has 2 atom stereocenters. The zero-order chi connectivity index (χ0) is 15.2. The Labute approximate surface area is 119 Å². The van der Waals surface area contributed by atoms with E-state index in [1.807, 2.05) is 6.07 Å². The Morgan fingerprint density at radius 3 is 2.30 bits per heavy atom. The lowest BCUT2D eigenvalue weighted by molar-refractivity contribution is -0.142. The van der Waals surface area contributed by atoms with Crippen LogP contribution in [0, 0.1) is 0 Å². The molecule has 0 fully saturated rings. The molecule has 0 aliphatic carbocycles. The van der Waals surface area contributed by atoms with Crippen molar-refractivity contribution >= 4 is 13.7 Å². The van der Waals surface area contributed by atoms with E-state index in [0.29, 0.717) is 5.75 Å². The number of para-hydroxylation sites is 1. The average molecular weight is 301 g/mol. The Balaban J connectivity index is 2.86. The summed E-state index contributed by atoms with van der Waals surface area (Å²) in [5, 5.41) is 2.56. The van der Waals surface area contributed by atoms with Gasteiger partial charge < -0.3 is 9.26 Å². The zero-order valence-electron chi connectivity index (χ0n) is 12.0. The average Bonchev–Trinajstić information content (AvgIpc) is 2.37. The molecule has 0 aliphatic rings. The van der Waals surface area contributed by atoms with Crippen LogP contribution in [-0.4, -0.2) is 25.2 Å². The number of ether oxygens (including phenoxy) is 1. The van der Waals surface area contributed by atoms with E-state index >= 15 is 0 Å². The zero-order valence-corrected chi connectivity index (χ0v) is 12.9. The van der Waals surface area contributed by atoms with Gasteiger partial charge in [-0.25, -0.2) is 4.57 Å². The summed E-state index contributed by atoms with van der Waals surface area (Å²) in [5.74, 6) is -0.157. The summed E-state index contributed by atoms with van der Waals surface area (Å²) in [5.41, 5.74) is 0. The van der Waals surface area contributed by atoms with Crippen molar-refractivity contribution in [2.24, 2.45) is 0 Å². The van der Waals surface area contributed by atoms with Crippen molar-refractivity contribution in [2.75, 3.05) is 7.11 Å². The first-order valence-corrected chi connectivity index (χ1v) is 7.79. The quantitative estimate of drug-likeness (QED) is 0.616. The van der Waals surface area contributed by atoms with E-state index in [4.69, 9.17) is 9.05 Å². The highest BCUT2D eigenvalue weighted by Gasteiger charge is 2.32. The standard InChI is InChI=1S/C13H20NO5P/c1-10(2)18-20(16,14-11(3)13(15)17-4)19-12-8-6-5-7-9-12/h5-11H,1-4H3,(H,14,16). The van der Waals surface area contributed by atoms with E-state index in [1.165, 1.54) is 14.0 Å². The summed E-state index contributed by atoms with van der Waals surface area (Å²) >= 11 is 0. The van der Waals surface area contributed by atoms with Gasteiger partial charge in [-0.2, -0.15) is 5.09 Å². The lowest BCUT2D eigenvalue weighted by Crippen LogP contribution is -2.35. The Kier molecular flexibility index (Phi) is 6.20. The number of rotatable bonds is 7. The highest BCUT2D eigenvalue weighted by atomic mass is 31.2. The van der Waals surface area contributed by atoms with Crippen LogP contribution in [0.15, 0.2) is 30.3 Å². The van der Waals surface area contributed by atoms with Crippen molar-refractivity contribution in [3.05, 3.63) is 30.3 Å². The number of benzene rings is 1. The van der Waals surface area contributed by atoms with Crippen LogP contribution in [0.4, 0.5) is 0 Å². The van der Waals surface area contributed by atoms with Crippen LogP contribution >= 0.6 is 7.75 Å². The Morgan fingerprint density at radius 1 is 1.20 bits per heavy atom. The summed E-state index contributed by atoms with van der Waals surface area (Å²) in [6.45, 7) is 4.98. The monoisotopic (exact) mass is 301 g/mol. The van der Waals surface area contributed by atoms with Gasteiger partial charge in [-0.05, 0) is 32.9 Å². The molecule has 0 aliphatic heterocycles. The summed E-state index contributed by atoms with van der Waals surface area (Å²) < 4.78 is 28.0. The van der Waals surface area contributed by atoms with Crippen LogP contribution in [-0.2, 0) is 18.6 Å². The fraction of sp³-hybridized carbons (Fsp3) is 0.462. The van der Waals surface area contributed by atoms with Gasteiger partial charge in [0, 0.05) is 0 Å². The van der Waals surface area contributed by atoms with Crippen molar-refractivity contribution < 1.29 is 23.1 Å². The van der Waals surface area contributed by atoms with Crippen LogP contribution in [0.2, 0.25) is 0 Å². The molecule has 20 heavy (non-hydrogen) atoms. The second kappa shape index (κ2) is 7.43. The number of hydrogen-bond acceptors (Lipinski definition) is 5. The molecule has 1 aromatic rings. The highest BCUT2D eigenvalue weighted by Crippen LogP contribution is 2.45. The van der Waals surface area contributed by atoms with Crippen LogP contribution < -0.4 is 9.61 Å². The number of hydrogen-bond donors (Lipinski definition) is 1. The summed E-state index contributed by atoms with van der Waals surface area (Å²) in [6, 6.07) is 7.80. The molecular weight excluding hydrogens is 281 g/mol. The van der Waals surface area contributed by atoms with E-state index in [9.17, 15) is 9.36 Å². The van der Waals surface area contributed by atoms with E-state index in [1.54, 1.807) is 38.1 Å². The second-order valence-corrected chi connectivity index (χ2v) is 6.08. The van der Waals surface area contributed by atoms with Crippen molar-refractivity contribution in [3.8, 4) is 5.75 Å². The summed E-state index contributed by atoms with van der Waals surface area (Å²) in [4.78, 5) is 11.4. The SMILES string of the molecule is COC(=O)C(C)NP(=O)(Oc1ccccc1)OC(C)C. The van der Waals surface area contributed by atoms with E-state index in [2.05, 4.69) is 9.82 Å². The Hall–Kier alpha value is -1.36. The minimum absolute atomic E-state index is 0.332. The molecule has 1 aromatic carbocycles. The molecule has 0 saturated carbocycles. The van der Waals surface area contributed by atoms with Gasteiger partial charge in [-0.1, -0.05) is 18.2 Å². The maximum Gasteiger partial charge on any atom is 0.459 e. The highest BCUT2D eigenvalue weighted by molar-refractivity contribution is 7.52. The number of nitrogens with one attached hydrogen (secondary N) is 1. The minimum Gasteiger partial charge on any atom is -0.468 e. The number of methoxy groups -OCH3 is 1. The van der Waals surface area contributed by atoms with Crippen molar-refractivity contribution in [2.45, 2.75) is 32.9 Å².